The van der Waals surface area contributed by atoms with Crippen molar-refractivity contribution in [2.75, 3.05) is 0 Å². The Morgan fingerprint density at radius 3 is 2.54 bits per heavy atom. The van der Waals surface area contributed by atoms with Crippen molar-refractivity contribution in [2.24, 2.45) is 0 Å². The van der Waals surface area contributed by atoms with Gasteiger partial charge in [0.25, 0.3) is 0 Å². The highest BCUT2D eigenvalue weighted by atomic mass is 32.1. The lowest BCUT2D eigenvalue weighted by atomic mass is 9.99. The lowest BCUT2D eigenvalue weighted by molar-refractivity contribution is 0.0323. The number of carbonyl (C=O) groups excluding carboxylic acids is 2. The Bertz CT molecular complexity index is 719. The van der Waals surface area contributed by atoms with Crippen LogP contribution in [0.1, 0.15) is 62.7 Å². The monoisotopic (exact) mass is 342 g/mol. The molecule has 126 valence electrons. The van der Waals surface area contributed by atoms with Gasteiger partial charge in [-0.15, -0.1) is 11.3 Å². The molecule has 0 N–H and O–H groups in total. The molecular weight excluding hydrogens is 320 g/mol. The molecule has 0 saturated heterocycles. The molecule has 2 aromatic rings. The van der Waals surface area contributed by atoms with Crippen molar-refractivity contribution in [1.82, 2.24) is 0 Å². The number of esters is 1. The summed E-state index contributed by atoms with van der Waals surface area (Å²) in [6, 6.07) is 9.42. The fourth-order valence-electron chi connectivity index (χ4n) is 3.00. The Hall–Kier alpha value is -1.94. The third-order valence-corrected chi connectivity index (χ3v) is 5.71. The lowest BCUT2D eigenvalue weighted by Gasteiger charge is -2.12. The van der Waals surface area contributed by atoms with E-state index in [4.69, 9.17) is 4.74 Å². The van der Waals surface area contributed by atoms with E-state index in [1.165, 1.54) is 40.2 Å². The van der Waals surface area contributed by atoms with E-state index in [0.29, 0.717) is 10.4 Å². The highest BCUT2D eigenvalue weighted by Crippen LogP contribution is 2.30. The second-order valence-electron chi connectivity index (χ2n) is 6.23. The van der Waals surface area contributed by atoms with Crippen LogP contribution in [0.2, 0.25) is 0 Å². The van der Waals surface area contributed by atoms with Crippen molar-refractivity contribution in [1.29, 1.82) is 0 Å². The van der Waals surface area contributed by atoms with Crippen molar-refractivity contribution >= 4 is 23.1 Å². The van der Waals surface area contributed by atoms with Crippen molar-refractivity contribution < 1.29 is 14.3 Å². The minimum Gasteiger partial charge on any atom is -0.450 e. The van der Waals surface area contributed by atoms with Crippen LogP contribution in [0.4, 0.5) is 0 Å². The van der Waals surface area contributed by atoms with Crippen molar-refractivity contribution in [3.8, 4) is 0 Å². The molecule has 1 aromatic carbocycles. The van der Waals surface area contributed by atoms with E-state index in [9.17, 15) is 9.59 Å². The van der Waals surface area contributed by atoms with E-state index in [1.54, 1.807) is 19.1 Å². The van der Waals surface area contributed by atoms with Gasteiger partial charge >= 0.3 is 5.97 Å². The summed E-state index contributed by atoms with van der Waals surface area (Å²) in [4.78, 5) is 26.7. The minimum absolute atomic E-state index is 0.160. The third kappa shape index (κ3) is 3.59. The topological polar surface area (TPSA) is 43.4 Å². The third-order valence-electron chi connectivity index (χ3n) is 4.50. The summed E-state index contributed by atoms with van der Waals surface area (Å²) in [6.45, 7) is 3.71. The molecule has 1 aliphatic carbocycles. The molecule has 1 aliphatic rings. The number of Topliss-reactive ketones (excluding diaryl/α,β-unsaturated/α-hetero) is 1. The molecule has 0 amide bonds. The molecule has 0 unspecified atom stereocenters. The van der Waals surface area contributed by atoms with Gasteiger partial charge in [0.15, 0.2) is 6.10 Å². The second-order valence-corrected chi connectivity index (χ2v) is 7.37. The number of rotatable bonds is 5. The number of ether oxygens (including phenoxy) is 1. The Kier molecular flexibility index (Phi) is 5.14. The normalized spacial score (nSPS) is 14.8. The summed E-state index contributed by atoms with van der Waals surface area (Å²) in [6.07, 6.45) is 4.61. The highest BCUT2D eigenvalue weighted by molar-refractivity contribution is 7.14. The summed E-state index contributed by atoms with van der Waals surface area (Å²) in [5, 5.41) is 0. The van der Waals surface area contributed by atoms with Crippen LogP contribution >= 0.6 is 11.3 Å². The molecule has 1 atom stereocenters. The molecule has 4 heteroatoms. The first kappa shape index (κ1) is 16.9. The van der Waals surface area contributed by atoms with Gasteiger partial charge in [0.1, 0.15) is 4.88 Å². The smallest absolute Gasteiger partial charge is 0.349 e. The number of carbonyl (C=O) groups is 2. The van der Waals surface area contributed by atoms with Crippen molar-refractivity contribution in [3.05, 3.63) is 56.8 Å². The van der Waals surface area contributed by atoms with Gasteiger partial charge < -0.3 is 4.74 Å². The molecule has 0 spiro atoms. The maximum absolute atomic E-state index is 12.4. The molecule has 3 rings (SSSR count). The van der Waals surface area contributed by atoms with Crippen molar-refractivity contribution in [2.45, 2.75) is 52.1 Å². The highest BCUT2D eigenvalue weighted by Gasteiger charge is 2.23. The minimum atomic E-state index is -0.774. The number of benzene rings is 1. The summed E-state index contributed by atoms with van der Waals surface area (Å²) < 4.78 is 5.41. The molecule has 24 heavy (non-hydrogen) atoms. The fourth-order valence-corrected chi connectivity index (χ4v) is 4.14. The lowest BCUT2D eigenvalue weighted by Crippen LogP contribution is -2.24. The largest absolute Gasteiger partial charge is 0.450 e. The summed E-state index contributed by atoms with van der Waals surface area (Å²) in [5.74, 6) is -0.548. The van der Waals surface area contributed by atoms with E-state index >= 15 is 0 Å². The second kappa shape index (κ2) is 7.31. The van der Waals surface area contributed by atoms with Crippen molar-refractivity contribution in [3.63, 3.8) is 0 Å². The van der Waals surface area contributed by atoms with Gasteiger partial charge in [0, 0.05) is 10.4 Å². The molecule has 0 saturated carbocycles. The van der Waals surface area contributed by atoms with Gasteiger partial charge in [-0.25, -0.2) is 4.79 Å². The van der Waals surface area contributed by atoms with E-state index in [1.807, 2.05) is 18.2 Å². The maximum atomic E-state index is 12.4. The quantitative estimate of drug-likeness (QED) is 0.588. The van der Waals surface area contributed by atoms with E-state index in [0.717, 1.165) is 19.3 Å². The predicted molar refractivity (Wildman–Crippen MR) is 96.0 cm³/mol. The number of hydrogen-bond donors (Lipinski definition) is 0. The Balaban J connectivity index is 1.66. The average Bonchev–Trinajstić information content (AvgIpc) is 3.05. The van der Waals surface area contributed by atoms with Crippen LogP contribution in [0.25, 0.3) is 0 Å². The average molecular weight is 342 g/mol. The number of hydrogen-bond acceptors (Lipinski definition) is 4. The van der Waals surface area contributed by atoms with Gasteiger partial charge in [-0.2, -0.15) is 0 Å². The maximum Gasteiger partial charge on any atom is 0.349 e. The number of thiophene rings is 1. The van der Waals surface area contributed by atoms with E-state index in [2.05, 4.69) is 6.92 Å². The summed E-state index contributed by atoms with van der Waals surface area (Å²) >= 11 is 1.51. The number of aryl methyl sites for hydroxylation is 3. The first-order valence-electron chi connectivity index (χ1n) is 8.54. The first-order chi connectivity index (χ1) is 11.6. The molecule has 3 nitrogen and oxygen atoms in total. The van der Waals surface area contributed by atoms with Crippen LogP contribution in [0, 0.1) is 0 Å². The Morgan fingerprint density at radius 1 is 1.17 bits per heavy atom. The van der Waals surface area contributed by atoms with Crippen LogP contribution < -0.4 is 0 Å². The van der Waals surface area contributed by atoms with Gasteiger partial charge in [0.05, 0.1) is 0 Å². The SMILES string of the molecule is CCc1ccc(C(=O)[C@H](C)OC(=O)c2cc3c(s2)CCCC3)cc1. The first-order valence-corrected chi connectivity index (χ1v) is 9.36. The molecule has 1 aromatic heterocycles. The van der Waals surface area contributed by atoms with Crippen LogP contribution in [0.3, 0.4) is 0 Å². The molecule has 0 bridgehead atoms. The Labute approximate surface area is 146 Å². The van der Waals surface area contributed by atoms with Gasteiger partial charge in [-0.3, -0.25) is 4.79 Å². The van der Waals surface area contributed by atoms with Crippen LogP contribution in [0.15, 0.2) is 30.3 Å². The van der Waals surface area contributed by atoms with Crippen LogP contribution in [-0.4, -0.2) is 17.9 Å². The molecule has 0 fully saturated rings. The standard InChI is InChI=1S/C20H22O3S/c1-3-14-8-10-15(11-9-14)19(21)13(2)23-20(22)18-12-16-6-4-5-7-17(16)24-18/h8-13H,3-7H2,1-2H3/t13-/m0/s1. The zero-order chi connectivity index (χ0) is 17.1. The molecule has 0 radical (unpaired) electrons. The van der Waals surface area contributed by atoms with E-state index in [-0.39, 0.29) is 11.8 Å². The Morgan fingerprint density at radius 2 is 1.88 bits per heavy atom. The van der Waals surface area contributed by atoms with Gasteiger partial charge in [-0.05, 0) is 56.2 Å². The zero-order valence-electron chi connectivity index (χ0n) is 14.1. The molecular formula is C20H22O3S. The predicted octanol–water partition coefficient (Wildman–Crippen LogP) is 4.62. The number of fused-ring (bicyclic) bond motifs is 1. The molecule has 0 aliphatic heterocycles. The molecule has 1 heterocycles. The fraction of sp³-hybridized carbons (Fsp3) is 0.400. The number of ketones is 1. The van der Waals surface area contributed by atoms with Gasteiger partial charge in [-0.1, -0.05) is 31.2 Å². The van der Waals surface area contributed by atoms with Gasteiger partial charge in [0.2, 0.25) is 5.78 Å². The van der Waals surface area contributed by atoms with E-state index < -0.39 is 6.10 Å². The van der Waals surface area contributed by atoms with Crippen LogP contribution in [-0.2, 0) is 24.0 Å². The summed E-state index contributed by atoms with van der Waals surface area (Å²) in [7, 11) is 0. The van der Waals surface area contributed by atoms with Crippen LogP contribution in [0.5, 0.6) is 0 Å². The zero-order valence-corrected chi connectivity index (χ0v) is 14.9. The summed E-state index contributed by atoms with van der Waals surface area (Å²) in [5.41, 5.74) is 3.03.